The highest BCUT2D eigenvalue weighted by molar-refractivity contribution is 5.95. The summed E-state index contributed by atoms with van der Waals surface area (Å²) in [4.78, 5) is 20.0. The predicted molar refractivity (Wildman–Crippen MR) is 85.6 cm³/mol. The van der Waals surface area contributed by atoms with Crippen LogP contribution < -0.4 is 10.1 Å². The summed E-state index contributed by atoms with van der Waals surface area (Å²) in [5.41, 5.74) is 3.37. The second-order valence-electron chi connectivity index (χ2n) is 5.51. The molecular formula is C17H14N4O3. The topological polar surface area (TPSA) is 90.1 Å². The Hall–Kier alpha value is -3.22. The monoisotopic (exact) mass is 322 g/mol. The first-order valence-electron chi connectivity index (χ1n) is 7.50. The third-order valence-corrected chi connectivity index (χ3v) is 3.77. The molecule has 1 N–H and O–H groups in total. The van der Waals surface area contributed by atoms with Crippen LogP contribution in [0.2, 0.25) is 0 Å². The van der Waals surface area contributed by atoms with Crippen LogP contribution in [0.25, 0.3) is 11.6 Å². The van der Waals surface area contributed by atoms with E-state index < -0.39 is 0 Å². The van der Waals surface area contributed by atoms with Crippen molar-refractivity contribution in [2.45, 2.75) is 13.3 Å². The minimum atomic E-state index is -0.199. The number of hydrogen-bond donors (Lipinski definition) is 1. The summed E-state index contributed by atoms with van der Waals surface area (Å²) in [6.45, 7) is 2.00. The van der Waals surface area contributed by atoms with E-state index in [2.05, 4.69) is 20.4 Å². The Balaban J connectivity index is 1.59. The molecule has 1 aromatic carbocycles. The average Bonchev–Trinajstić information content (AvgIpc) is 3.05. The van der Waals surface area contributed by atoms with E-state index in [0.717, 1.165) is 5.56 Å². The molecule has 0 atom stereocenters. The molecule has 120 valence electrons. The molecule has 3 heterocycles. The molecule has 0 saturated heterocycles. The van der Waals surface area contributed by atoms with Crippen molar-refractivity contribution in [3.8, 4) is 17.5 Å². The van der Waals surface area contributed by atoms with Crippen LogP contribution in [-0.4, -0.2) is 27.6 Å². The lowest BCUT2D eigenvalue weighted by molar-refractivity contribution is -0.118. The molecule has 0 fully saturated rings. The van der Waals surface area contributed by atoms with E-state index >= 15 is 0 Å². The molecule has 24 heavy (non-hydrogen) atoms. The van der Waals surface area contributed by atoms with Crippen LogP contribution in [0.1, 0.15) is 17.0 Å². The van der Waals surface area contributed by atoms with Gasteiger partial charge < -0.3 is 14.6 Å². The quantitative estimate of drug-likeness (QED) is 0.796. The largest absolute Gasteiger partial charge is 0.466 e. The van der Waals surface area contributed by atoms with Gasteiger partial charge in [0.1, 0.15) is 11.4 Å². The van der Waals surface area contributed by atoms with E-state index in [0.29, 0.717) is 35.4 Å². The average molecular weight is 322 g/mol. The van der Waals surface area contributed by atoms with Gasteiger partial charge in [-0.15, -0.1) is 0 Å². The summed E-state index contributed by atoms with van der Waals surface area (Å²) < 4.78 is 10.6. The number of carbonyl (C=O) groups excluding carboxylic acids is 1. The van der Waals surface area contributed by atoms with E-state index in [-0.39, 0.29) is 12.5 Å². The summed E-state index contributed by atoms with van der Waals surface area (Å²) in [5.74, 6) is 1.07. The lowest BCUT2D eigenvalue weighted by atomic mass is 10.1. The van der Waals surface area contributed by atoms with Gasteiger partial charge in [0.25, 0.3) is 11.8 Å². The summed E-state index contributed by atoms with van der Waals surface area (Å²) in [6.07, 6.45) is 0.591. The number of amides is 1. The normalized spacial score (nSPS) is 13.1. The van der Waals surface area contributed by atoms with Crippen molar-refractivity contribution in [3.05, 3.63) is 53.3 Å². The molecule has 4 rings (SSSR count). The second-order valence-corrected chi connectivity index (χ2v) is 5.51. The van der Waals surface area contributed by atoms with Gasteiger partial charge in [0.05, 0.1) is 0 Å². The van der Waals surface area contributed by atoms with E-state index in [1.165, 1.54) is 5.56 Å². The Bertz CT molecular complexity index is 920. The first kappa shape index (κ1) is 14.4. The number of hydrogen-bond acceptors (Lipinski definition) is 6. The maximum atomic E-state index is 11.3. The first-order chi connectivity index (χ1) is 11.7. The van der Waals surface area contributed by atoms with Crippen molar-refractivity contribution in [1.29, 1.82) is 0 Å². The molecule has 0 unspecified atom stereocenters. The number of anilines is 1. The summed E-state index contributed by atoms with van der Waals surface area (Å²) >= 11 is 0. The Morgan fingerprint density at radius 3 is 2.92 bits per heavy atom. The molecule has 2 aromatic heterocycles. The van der Waals surface area contributed by atoms with Gasteiger partial charge in [0, 0.05) is 6.42 Å². The Morgan fingerprint density at radius 1 is 1.17 bits per heavy atom. The number of nitrogens with one attached hydrogen (secondary N) is 1. The zero-order chi connectivity index (χ0) is 16.5. The molecule has 3 aromatic rings. The minimum absolute atomic E-state index is 0.0498. The Morgan fingerprint density at radius 2 is 2.04 bits per heavy atom. The Kier molecular flexibility index (Phi) is 3.45. The van der Waals surface area contributed by atoms with Gasteiger partial charge in [0.2, 0.25) is 5.88 Å². The minimum Gasteiger partial charge on any atom is -0.466 e. The van der Waals surface area contributed by atoms with Crippen LogP contribution in [0.5, 0.6) is 5.88 Å². The predicted octanol–water partition coefficient (Wildman–Crippen LogP) is 2.36. The lowest BCUT2D eigenvalue weighted by Crippen LogP contribution is -2.25. The van der Waals surface area contributed by atoms with Crippen LogP contribution in [0.15, 0.2) is 40.9 Å². The van der Waals surface area contributed by atoms with Gasteiger partial charge >= 0.3 is 0 Å². The highest BCUT2D eigenvalue weighted by atomic mass is 16.5. The zero-order valence-electron chi connectivity index (χ0n) is 12.9. The summed E-state index contributed by atoms with van der Waals surface area (Å²) in [5, 5.41) is 6.71. The van der Waals surface area contributed by atoms with Crippen LogP contribution in [0.3, 0.4) is 0 Å². The number of rotatable bonds is 3. The fraction of sp³-hybridized carbons (Fsp3) is 0.176. The van der Waals surface area contributed by atoms with Crippen LogP contribution in [0, 0.1) is 6.92 Å². The summed E-state index contributed by atoms with van der Waals surface area (Å²) in [7, 11) is 0. The molecule has 7 nitrogen and oxygen atoms in total. The van der Waals surface area contributed by atoms with Gasteiger partial charge in [-0.1, -0.05) is 29.4 Å². The third-order valence-electron chi connectivity index (χ3n) is 3.77. The van der Waals surface area contributed by atoms with Gasteiger partial charge in [-0.3, -0.25) is 4.79 Å². The summed E-state index contributed by atoms with van der Waals surface area (Å²) in [6, 6.07) is 11.5. The smallest absolute Gasteiger partial charge is 0.276 e. The lowest BCUT2D eigenvalue weighted by Gasteiger charge is -2.16. The van der Waals surface area contributed by atoms with Crippen LogP contribution in [-0.2, 0) is 11.2 Å². The van der Waals surface area contributed by atoms with Crippen molar-refractivity contribution in [2.75, 3.05) is 11.9 Å². The van der Waals surface area contributed by atoms with E-state index in [4.69, 9.17) is 9.26 Å². The van der Waals surface area contributed by atoms with E-state index in [1.807, 2.05) is 31.2 Å². The molecular weight excluding hydrogens is 308 g/mol. The molecule has 1 amide bonds. The highest BCUT2D eigenvalue weighted by Gasteiger charge is 2.19. The van der Waals surface area contributed by atoms with Crippen molar-refractivity contribution in [2.24, 2.45) is 0 Å². The molecule has 0 spiro atoms. The van der Waals surface area contributed by atoms with Gasteiger partial charge in [-0.05, 0) is 30.2 Å². The number of benzene rings is 1. The number of nitrogens with zero attached hydrogens (tertiary/aromatic N) is 3. The molecule has 1 aliphatic rings. The van der Waals surface area contributed by atoms with Crippen molar-refractivity contribution >= 4 is 11.6 Å². The zero-order valence-corrected chi connectivity index (χ0v) is 12.9. The Labute approximate surface area is 137 Å². The van der Waals surface area contributed by atoms with E-state index in [1.54, 1.807) is 12.1 Å². The standard InChI is InChI=1S/C17H14N4O3/c1-10-4-2-3-5-11(10)8-14-20-17(24-21-14)13-7-6-12-16(19-13)23-9-15(22)18-12/h2-7H,8-9H2,1H3,(H,18,22). The fourth-order valence-corrected chi connectivity index (χ4v) is 2.49. The van der Waals surface area contributed by atoms with Crippen molar-refractivity contribution in [3.63, 3.8) is 0 Å². The van der Waals surface area contributed by atoms with Gasteiger partial charge in [-0.25, -0.2) is 4.98 Å². The van der Waals surface area contributed by atoms with Crippen molar-refractivity contribution < 1.29 is 14.1 Å². The number of aryl methyl sites for hydroxylation is 1. The maximum absolute atomic E-state index is 11.3. The fourth-order valence-electron chi connectivity index (χ4n) is 2.49. The molecule has 0 bridgehead atoms. The third kappa shape index (κ3) is 2.71. The van der Waals surface area contributed by atoms with Crippen LogP contribution >= 0.6 is 0 Å². The molecule has 0 saturated carbocycles. The van der Waals surface area contributed by atoms with Crippen molar-refractivity contribution in [1.82, 2.24) is 15.1 Å². The second kappa shape index (κ2) is 5.77. The first-order valence-corrected chi connectivity index (χ1v) is 7.50. The van der Waals surface area contributed by atoms with Gasteiger partial charge in [-0.2, -0.15) is 4.98 Å². The number of pyridine rings is 1. The number of aromatic nitrogens is 3. The SMILES string of the molecule is Cc1ccccc1Cc1noc(-c2ccc3c(n2)OCC(=O)N3)n1. The highest BCUT2D eigenvalue weighted by Crippen LogP contribution is 2.28. The maximum Gasteiger partial charge on any atom is 0.276 e. The number of ether oxygens (including phenoxy) is 1. The van der Waals surface area contributed by atoms with Gasteiger partial charge in [0.15, 0.2) is 12.4 Å². The molecule has 0 aliphatic carbocycles. The number of fused-ring (bicyclic) bond motifs is 1. The molecule has 0 radical (unpaired) electrons. The molecule has 1 aliphatic heterocycles. The number of carbonyl (C=O) groups is 1. The van der Waals surface area contributed by atoms with Crippen LogP contribution in [0.4, 0.5) is 5.69 Å². The molecule has 7 heteroatoms. The van der Waals surface area contributed by atoms with E-state index in [9.17, 15) is 4.79 Å².